The standard InChI is InChI=1S/C18H23N3O2/c1-2-15-12-16(20-19-15)18(23)21-10-8-14(9-11-21)17(22)13-6-4-3-5-7-13/h3-7,12,14,17,22H,2,8-11H2,1H3,(H,19,20). The summed E-state index contributed by atoms with van der Waals surface area (Å²) in [5, 5.41) is 17.5. The number of benzene rings is 1. The lowest BCUT2D eigenvalue weighted by atomic mass is 9.87. The van der Waals surface area contributed by atoms with Crippen LogP contribution in [-0.4, -0.2) is 39.2 Å². The van der Waals surface area contributed by atoms with Crippen molar-refractivity contribution < 1.29 is 9.90 Å². The van der Waals surface area contributed by atoms with Gasteiger partial charge in [0.1, 0.15) is 5.69 Å². The lowest BCUT2D eigenvalue weighted by Crippen LogP contribution is -2.40. The zero-order valence-corrected chi connectivity index (χ0v) is 13.4. The summed E-state index contributed by atoms with van der Waals surface area (Å²) >= 11 is 0. The number of aryl methyl sites for hydroxylation is 1. The normalized spacial score (nSPS) is 17.2. The smallest absolute Gasteiger partial charge is 0.274 e. The van der Waals surface area contributed by atoms with Crippen molar-refractivity contribution in [1.82, 2.24) is 15.1 Å². The quantitative estimate of drug-likeness (QED) is 0.911. The summed E-state index contributed by atoms with van der Waals surface area (Å²) in [6.07, 6.45) is 2.01. The maximum atomic E-state index is 12.5. The monoisotopic (exact) mass is 313 g/mol. The van der Waals surface area contributed by atoms with E-state index in [0.29, 0.717) is 18.8 Å². The Labute approximate surface area is 136 Å². The van der Waals surface area contributed by atoms with E-state index in [0.717, 1.165) is 30.5 Å². The molecule has 1 aliphatic heterocycles. The van der Waals surface area contributed by atoms with Crippen LogP contribution in [0.4, 0.5) is 0 Å². The number of hydrogen-bond acceptors (Lipinski definition) is 3. The van der Waals surface area contributed by atoms with Gasteiger partial charge in [0, 0.05) is 18.8 Å². The molecule has 0 radical (unpaired) electrons. The molecular formula is C18H23N3O2. The first-order valence-electron chi connectivity index (χ1n) is 8.25. The van der Waals surface area contributed by atoms with Crippen LogP contribution in [0.3, 0.4) is 0 Å². The van der Waals surface area contributed by atoms with Crippen molar-refractivity contribution in [1.29, 1.82) is 0 Å². The molecule has 1 fully saturated rings. The molecule has 2 N–H and O–H groups in total. The van der Waals surface area contributed by atoms with Crippen molar-refractivity contribution in [2.75, 3.05) is 13.1 Å². The van der Waals surface area contributed by atoms with Crippen LogP contribution in [0.25, 0.3) is 0 Å². The lowest BCUT2D eigenvalue weighted by molar-refractivity contribution is 0.0458. The number of carbonyl (C=O) groups excluding carboxylic acids is 1. The number of nitrogens with one attached hydrogen (secondary N) is 1. The Hall–Kier alpha value is -2.14. The van der Waals surface area contributed by atoms with Gasteiger partial charge >= 0.3 is 0 Å². The summed E-state index contributed by atoms with van der Waals surface area (Å²) in [7, 11) is 0. The predicted octanol–water partition coefficient (Wildman–Crippen LogP) is 2.56. The largest absolute Gasteiger partial charge is 0.388 e. The third-order valence-corrected chi connectivity index (χ3v) is 4.65. The van der Waals surface area contributed by atoms with E-state index in [4.69, 9.17) is 0 Å². The molecule has 1 aliphatic rings. The van der Waals surface area contributed by atoms with E-state index in [9.17, 15) is 9.90 Å². The molecule has 122 valence electrons. The Morgan fingerprint density at radius 3 is 2.65 bits per heavy atom. The van der Waals surface area contributed by atoms with Crippen molar-refractivity contribution in [3.05, 3.63) is 53.3 Å². The number of H-pyrrole nitrogens is 1. The molecule has 2 heterocycles. The maximum Gasteiger partial charge on any atom is 0.274 e. The van der Waals surface area contributed by atoms with Crippen molar-refractivity contribution in [3.8, 4) is 0 Å². The number of hydrogen-bond donors (Lipinski definition) is 2. The summed E-state index contributed by atoms with van der Waals surface area (Å²) in [5.74, 6) is 0.181. The topological polar surface area (TPSA) is 69.2 Å². The summed E-state index contributed by atoms with van der Waals surface area (Å²) in [5.41, 5.74) is 2.42. The number of aliphatic hydroxyl groups is 1. The van der Waals surface area contributed by atoms with E-state index in [1.54, 1.807) is 0 Å². The number of aromatic nitrogens is 2. The highest BCUT2D eigenvalue weighted by Gasteiger charge is 2.29. The second-order valence-electron chi connectivity index (χ2n) is 6.12. The van der Waals surface area contributed by atoms with Gasteiger partial charge in [-0.2, -0.15) is 5.10 Å². The predicted molar refractivity (Wildman–Crippen MR) is 88.0 cm³/mol. The molecule has 1 aromatic carbocycles. The first kappa shape index (κ1) is 15.7. The molecule has 0 saturated carbocycles. The van der Waals surface area contributed by atoms with Crippen LogP contribution in [0, 0.1) is 5.92 Å². The zero-order chi connectivity index (χ0) is 16.2. The number of likely N-dealkylation sites (tertiary alicyclic amines) is 1. The minimum absolute atomic E-state index is 0.0198. The van der Waals surface area contributed by atoms with Crippen LogP contribution < -0.4 is 0 Å². The number of aliphatic hydroxyl groups excluding tert-OH is 1. The van der Waals surface area contributed by atoms with Crippen LogP contribution >= 0.6 is 0 Å². The maximum absolute atomic E-state index is 12.5. The van der Waals surface area contributed by atoms with E-state index in [1.165, 1.54) is 0 Å². The third kappa shape index (κ3) is 3.45. The van der Waals surface area contributed by atoms with Crippen molar-refractivity contribution in [2.24, 2.45) is 5.92 Å². The summed E-state index contributed by atoms with van der Waals surface area (Å²) in [6, 6.07) is 11.6. The first-order chi connectivity index (χ1) is 11.2. The molecule has 3 rings (SSSR count). The molecule has 2 aromatic rings. The molecule has 23 heavy (non-hydrogen) atoms. The van der Waals surface area contributed by atoms with Crippen LogP contribution in [-0.2, 0) is 6.42 Å². The average Bonchev–Trinajstić information content (AvgIpc) is 3.10. The molecular weight excluding hydrogens is 290 g/mol. The Balaban J connectivity index is 1.59. The Bertz CT molecular complexity index is 645. The molecule has 0 aliphatic carbocycles. The number of aromatic amines is 1. The fourth-order valence-corrected chi connectivity index (χ4v) is 3.15. The number of amides is 1. The van der Waals surface area contributed by atoms with Crippen LogP contribution in [0.5, 0.6) is 0 Å². The number of carbonyl (C=O) groups is 1. The van der Waals surface area contributed by atoms with E-state index >= 15 is 0 Å². The van der Waals surface area contributed by atoms with Gasteiger partial charge in [0.15, 0.2) is 0 Å². The highest BCUT2D eigenvalue weighted by atomic mass is 16.3. The first-order valence-corrected chi connectivity index (χ1v) is 8.25. The molecule has 5 heteroatoms. The second-order valence-corrected chi connectivity index (χ2v) is 6.12. The summed E-state index contributed by atoms with van der Waals surface area (Å²) in [6.45, 7) is 3.36. The summed E-state index contributed by atoms with van der Waals surface area (Å²) < 4.78 is 0. The van der Waals surface area contributed by atoms with Gasteiger partial charge in [-0.1, -0.05) is 37.3 Å². The van der Waals surface area contributed by atoms with Gasteiger partial charge in [-0.3, -0.25) is 9.89 Å². The zero-order valence-electron chi connectivity index (χ0n) is 13.4. The van der Waals surface area contributed by atoms with E-state index in [2.05, 4.69) is 10.2 Å². The lowest BCUT2D eigenvalue weighted by Gasteiger charge is -2.34. The van der Waals surface area contributed by atoms with Crippen molar-refractivity contribution in [2.45, 2.75) is 32.3 Å². The van der Waals surface area contributed by atoms with Crippen LogP contribution in [0.15, 0.2) is 36.4 Å². The Kier molecular flexibility index (Phi) is 4.76. The van der Waals surface area contributed by atoms with Gasteiger partial charge < -0.3 is 10.0 Å². The van der Waals surface area contributed by atoms with E-state index in [-0.39, 0.29) is 11.8 Å². The molecule has 1 atom stereocenters. The summed E-state index contributed by atoms with van der Waals surface area (Å²) in [4.78, 5) is 14.3. The number of nitrogens with zero attached hydrogens (tertiary/aromatic N) is 2. The Morgan fingerprint density at radius 1 is 1.35 bits per heavy atom. The molecule has 5 nitrogen and oxygen atoms in total. The molecule has 1 amide bonds. The minimum Gasteiger partial charge on any atom is -0.388 e. The van der Waals surface area contributed by atoms with Crippen LogP contribution in [0.1, 0.15) is 47.6 Å². The van der Waals surface area contributed by atoms with Crippen molar-refractivity contribution >= 4 is 5.91 Å². The SMILES string of the molecule is CCc1cc(C(=O)N2CCC(C(O)c3ccccc3)CC2)n[nH]1. The van der Waals surface area contributed by atoms with Gasteiger partial charge in [-0.15, -0.1) is 0 Å². The van der Waals surface area contributed by atoms with Gasteiger partial charge in [0.2, 0.25) is 0 Å². The fourth-order valence-electron chi connectivity index (χ4n) is 3.15. The van der Waals surface area contributed by atoms with Gasteiger partial charge in [-0.25, -0.2) is 0 Å². The highest BCUT2D eigenvalue weighted by molar-refractivity contribution is 5.92. The highest BCUT2D eigenvalue weighted by Crippen LogP contribution is 2.30. The molecule has 1 aromatic heterocycles. The van der Waals surface area contributed by atoms with Crippen LogP contribution in [0.2, 0.25) is 0 Å². The minimum atomic E-state index is -0.453. The molecule has 1 unspecified atom stereocenters. The van der Waals surface area contributed by atoms with Gasteiger partial charge in [0.25, 0.3) is 5.91 Å². The average molecular weight is 313 g/mol. The molecule has 0 spiro atoms. The fraction of sp³-hybridized carbons (Fsp3) is 0.444. The third-order valence-electron chi connectivity index (χ3n) is 4.65. The van der Waals surface area contributed by atoms with E-state index in [1.807, 2.05) is 48.2 Å². The number of rotatable bonds is 4. The molecule has 0 bridgehead atoms. The Morgan fingerprint density at radius 2 is 2.04 bits per heavy atom. The van der Waals surface area contributed by atoms with Gasteiger partial charge in [-0.05, 0) is 36.8 Å². The second kappa shape index (κ2) is 6.96. The van der Waals surface area contributed by atoms with E-state index < -0.39 is 6.10 Å². The number of piperidine rings is 1. The molecule has 1 saturated heterocycles. The van der Waals surface area contributed by atoms with Gasteiger partial charge in [0.05, 0.1) is 6.10 Å². The van der Waals surface area contributed by atoms with Crippen molar-refractivity contribution in [3.63, 3.8) is 0 Å².